The number of rotatable bonds is 9. The van der Waals surface area contributed by atoms with E-state index in [2.05, 4.69) is 16.0 Å². The van der Waals surface area contributed by atoms with Crippen molar-refractivity contribution < 1.29 is 33.8 Å². The molecule has 0 heterocycles. The maximum atomic E-state index is 12.8. The van der Waals surface area contributed by atoms with Crippen LogP contribution in [0.2, 0.25) is 0 Å². The summed E-state index contributed by atoms with van der Waals surface area (Å²) in [5, 5.41) is 18.4. The molecule has 0 saturated heterocycles. The van der Waals surface area contributed by atoms with Crippen LogP contribution in [0.15, 0.2) is 30.3 Å². The van der Waals surface area contributed by atoms with E-state index in [0.29, 0.717) is 0 Å². The van der Waals surface area contributed by atoms with Crippen molar-refractivity contribution in [3.05, 3.63) is 35.9 Å². The minimum absolute atomic E-state index is 0.148. The fraction of sp³-hybridized carbons (Fsp3) is 0.524. The molecule has 2 unspecified atom stereocenters. The molecule has 0 aromatic heterocycles. The molecule has 4 N–H and O–H groups in total. The van der Waals surface area contributed by atoms with Gasteiger partial charge in [-0.15, -0.1) is 0 Å². The number of carbonyl (C=O) groups excluding carboxylic acids is 4. The van der Waals surface area contributed by atoms with E-state index < -0.39 is 54.2 Å². The lowest BCUT2D eigenvalue weighted by molar-refractivity contribution is -0.150. The van der Waals surface area contributed by atoms with Crippen molar-refractivity contribution in [1.82, 2.24) is 16.0 Å². The van der Waals surface area contributed by atoms with Gasteiger partial charge in [0.1, 0.15) is 18.7 Å². The van der Waals surface area contributed by atoms with Crippen LogP contribution in [0.1, 0.15) is 40.2 Å². The van der Waals surface area contributed by atoms with Crippen LogP contribution in [0, 0.1) is 0 Å². The third-order valence-corrected chi connectivity index (χ3v) is 4.05. The molecule has 0 aliphatic rings. The molecule has 0 saturated carbocycles. The van der Waals surface area contributed by atoms with Crippen LogP contribution in [-0.4, -0.2) is 60.3 Å². The van der Waals surface area contributed by atoms with Crippen molar-refractivity contribution in [1.29, 1.82) is 0 Å². The first-order valence-corrected chi connectivity index (χ1v) is 9.88. The maximum Gasteiger partial charge on any atom is 0.408 e. The molecule has 1 aromatic carbocycles. The predicted octanol–water partition coefficient (Wildman–Crippen LogP) is 0.583. The van der Waals surface area contributed by atoms with Gasteiger partial charge in [0.25, 0.3) is 5.91 Å². The second kappa shape index (κ2) is 11.3. The first kappa shape index (κ1) is 25.9. The number of carbonyl (C=O) groups is 4. The minimum Gasteiger partial charge on any atom is -0.465 e. The number of esters is 1. The highest BCUT2D eigenvalue weighted by molar-refractivity contribution is 5.91. The van der Waals surface area contributed by atoms with E-state index in [9.17, 15) is 24.3 Å². The largest absolute Gasteiger partial charge is 0.465 e. The fourth-order valence-corrected chi connectivity index (χ4v) is 2.63. The zero-order valence-corrected chi connectivity index (χ0v) is 18.5. The van der Waals surface area contributed by atoms with Gasteiger partial charge in [-0.2, -0.15) is 0 Å². The van der Waals surface area contributed by atoms with Crippen LogP contribution in [0.25, 0.3) is 0 Å². The summed E-state index contributed by atoms with van der Waals surface area (Å²) in [6.07, 6.45) is -0.777. The molecule has 31 heavy (non-hydrogen) atoms. The predicted molar refractivity (Wildman–Crippen MR) is 112 cm³/mol. The molecule has 0 bridgehead atoms. The van der Waals surface area contributed by atoms with E-state index >= 15 is 0 Å². The molecule has 0 spiro atoms. The van der Waals surface area contributed by atoms with Gasteiger partial charge in [0, 0.05) is 0 Å². The molecular weight excluding hydrogens is 406 g/mol. The van der Waals surface area contributed by atoms with E-state index in [1.807, 2.05) is 0 Å². The van der Waals surface area contributed by atoms with Crippen LogP contribution in [0.3, 0.4) is 0 Å². The van der Waals surface area contributed by atoms with Gasteiger partial charge in [0.15, 0.2) is 5.60 Å². The standard InChI is InChI=1S/C21H31N3O7/c1-6-30-17(26)13-22-18(27)21(29,15-10-8-7-9-11-15)14(2)24-16(25)12-23-19(28)31-20(3,4)5/h7-11,14,29H,6,12-13H2,1-5H3,(H,22,27)(H,23,28)(H,24,25). The molecule has 0 aliphatic heterocycles. The van der Waals surface area contributed by atoms with Crippen LogP contribution in [0.5, 0.6) is 0 Å². The second-order valence-corrected chi connectivity index (χ2v) is 7.76. The lowest BCUT2D eigenvalue weighted by Gasteiger charge is -2.33. The van der Waals surface area contributed by atoms with Crippen LogP contribution in [0.4, 0.5) is 4.79 Å². The third kappa shape index (κ3) is 8.25. The van der Waals surface area contributed by atoms with E-state index in [1.54, 1.807) is 45.9 Å². The monoisotopic (exact) mass is 437 g/mol. The van der Waals surface area contributed by atoms with Crippen molar-refractivity contribution in [3.8, 4) is 0 Å². The number of benzene rings is 1. The smallest absolute Gasteiger partial charge is 0.408 e. The van der Waals surface area contributed by atoms with Crippen LogP contribution < -0.4 is 16.0 Å². The summed E-state index contributed by atoms with van der Waals surface area (Å²) in [6.45, 7) is 7.40. The Labute approximate surface area is 181 Å². The van der Waals surface area contributed by atoms with E-state index in [-0.39, 0.29) is 12.2 Å². The molecule has 0 fully saturated rings. The third-order valence-electron chi connectivity index (χ3n) is 4.05. The topological polar surface area (TPSA) is 143 Å². The summed E-state index contributed by atoms with van der Waals surface area (Å²) in [6, 6.07) is 6.88. The average molecular weight is 437 g/mol. The van der Waals surface area contributed by atoms with E-state index in [0.717, 1.165) is 0 Å². The first-order valence-electron chi connectivity index (χ1n) is 9.88. The van der Waals surface area contributed by atoms with Crippen molar-refractivity contribution in [2.75, 3.05) is 19.7 Å². The molecule has 0 radical (unpaired) electrons. The molecule has 1 aromatic rings. The maximum absolute atomic E-state index is 12.8. The Morgan fingerprint density at radius 3 is 2.19 bits per heavy atom. The Morgan fingerprint density at radius 2 is 1.65 bits per heavy atom. The number of ether oxygens (including phenoxy) is 2. The minimum atomic E-state index is -2.19. The summed E-state index contributed by atoms with van der Waals surface area (Å²) in [5.74, 6) is -2.20. The lowest BCUT2D eigenvalue weighted by atomic mass is 9.86. The fourth-order valence-electron chi connectivity index (χ4n) is 2.63. The SMILES string of the molecule is CCOC(=O)CNC(=O)C(O)(c1ccccc1)C(C)NC(=O)CNC(=O)OC(C)(C)C. The molecule has 10 heteroatoms. The normalized spacial score (nSPS) is 13.9. The zero-order chi connectivity index (χ0) is 23.7. The highest BCUT2D eigenvalue weighted by Crippen LogP contribution is 2.25. The van der Waals surface area contributed by atoms with Gasteiger partial charge in [-0.3, -0.25) is 14.4 Å². The Balaban J connectivity index is 2.88. The number of aliphatic hydroxyl groups is 1. The summed E-state index contributed by atoms with van der Waals surface area (Å²) in [5.41, 5.74) is -2.70. The molecular formula is C21H31N3O7. The van der Waals surface area contributed by atoms with Gasteiger partial charge in [0.05, 0.1) is 12.6 Å². The van der Waals surface area contributed by atoms with Crippen LogP contribution in [-0.2, 0) is 29.5 Å². The van der Waals surface area contributed by atoms with Crippen molar-refractivity contribution in [2.24, 2.45) is 0 Å². The lowest BCUT2D eigenvalue weighted by Crippen LogP contribution is -2.59. The highest BCUT2D eigenvalue weighted by atomic mass is 16.6. The Kier molecular flexibility index (Phi) is 9.44. The van der Waals surface area contributed by atoms with Gasteiger partial charge in [-0.25, -0.2) is 4.79 Å². The van der Waals surface area contributed by atoms with Crippen molar-refractivity contribution in [2.45, 2.75) is 51.9 Å². The summed E-state index contributed by atoms with van der Waals surface area (Å²) in [7, 11) is 0. The first-order chi connectivity index (χ1) is 14.4. The molecule has 172 valence electrons. The molecule has 1 rings (SSSR count). The quantitative estimate of drug-likeness (QED) is 0.414. The number of alkyl carbamates (subject to hydrolysis) is 1. The van der Waals surface area contributed by atoms with Gasteiger partial charge in [-0.05, 0) is 40.2 Å². The van der Waals surface area contributed by atoms with Gasteiger partial charge in [-0.1, -0.05) is 30.3 Å². The summed E-state index contributed by atoms with van der Waals surface area (Å²) in [4.78, 5) is 48.4. The van der Waals surface area contributed by atoms with E-state index in [1.165, 1.54) is 19.1 Å². The molecule has 3 amide bonds. The molecule has 10 nitrogen and oxygen atoms in total. The van der Waals surface area contributed by atoms with Gasteiger partial charge < -0.3 is 30.5 Å². The van der Waals surface area contributed by atoms with Crippen molar-refractivity contribution in [3.63, 3.8) is 0 Å². The number of nitrogens with one attached hydrogen (secondary N) is 3. The van der Waals surface area contributed by atoms with Gasteiger partial charge in [0.2, 0.25) is 5.91 Å². The average Bonchev–Trinajstić information content (AvgIpc) is 2.69. The summed E-state index contributed by atoms with van der Waals surface area (Å²) >= 11 is 0. The Morgan fingerprint density at radius 1 is 1.03 bits per heavy atom. The second-order valence-electron chi connectivity index (χ2n) is 7.76. The molecule has 2 atom stereocenters. The van der Waals surface area contributed by atoms with Crippen LogP contribution >= 0.6 is 0 Å². The number of amides is 3. The number of hydrogen-bond acceptors (Lipinski definition) is 7. The van der Waals surface area contributed by atoms with E-state index in [4.69, 9.17) is 9.47 Å². The van der Waals surface area contributed by atoms with Gasteiger partial charge >= 0.3 is 12.1 Å². The highest BCUT2D eigenvalue weighted by Gasteiger charge is 2.44. The Bertz CT molecular complexity index is 777. The number of hydrogen-bond donors (Lipinski definition) is 4. The summed E-state index contributed by atoms with van der Waals surface area (Å²) < 4.78 is 9.82. The van der Waals surface area contributed by atoms with Crippen molar-refractivity contribution >= 4 is 23.9 Å². The molecule has 0 aliphatic carbocycles. The zero-order valence-electron chi connectivity index (χ0n) is 18.5. The Hall–Kier alpha value is -3.14.